The van der Waals surface area contributed by atoms with Gasteiger partial charge in [0.2, 0.25) is 0 Å². The highest BCUT2D eigenvalue weighted by Gasteiger charge is 2.29. The monoisotopic (exact) mass is 355 g/mol. The van der Waals surface area contributed by atoms with E-state index in [0.717, 1.165) is 25.0 Å². The van der Waals surface area contributed by atoms with E-state index in [0.29, 0.717) is 19.6 Å². The number of nitrogens with two attached hydrogens (primary N) is 1. The zero-order chi connectivity index (χ0) is 15.6. The summed E-state index contributed by atoms with van der Waals surface area (Å²) in [6.45, 7) is 1.19. The fourth-order valence-corrected chi connectivity index (χ4v) is 4.32. The molecular weight excluding hydrogens is 340 g/mol. The fraction of sp³-hybridized carbons (Fsp3) is 0.500. The normalized spacial score (nSPS) is 20.5. The first-order valence-corrected chi connectivity index (χ1v) is 8.65. The number of nitrogens with zero attached hydrogens (tertiary/aromatic N) is 1. The average molecular weight is 356 g/mol. The first-order valence-electron chi connectivity index (χ1n) is 6.46. The molecule has 0 radical (unpaired) electrons. The predicted molar refractivity (Wildman–Crippen MR) is 82.3 cm³/mol. The average Bonchev–Trinajstić information content (AvgIpc) is 2.43. The van der Waals surface area contributed by atoms with E-state index in [1.54, 1.807) is 0 Å². The Kier molecular flexibility index (Phi) is 5.32. The standard InChI is InChI=1S/C12H16Cl2FN3O2S/c13-10-4-9(15)5-11(14)12(10)17-21(19,20)18-3-1-2-8(6-16)7-18/h4-5,8,17H,1-3,6-7,16H2. The molecule has 0 bridgehead atoms. The topological polar surface area (TPSA) is 75.4 Å². The molecule has 1 unspecified atom stereocenters. The number of rotatable bonds is 4. The van der Waals surface area contributed by atoms with E-state index in [1.807, 2.05) is 0 Å². The molecule has 9 heteroatoms. The third-order valence-corrected chi connectivity index (χ3v) is 5.46. The lowest BCUT2D eigenvalue weighted by Gasteiger charge is -2.31. The van der Waals surface area contributed by atoms with E-state index >= 15 is 0 Å². The number of piperidine rings is 1. The van der Waals surface area contributed by atoms with Gasteiger partial charge in [-0.2, -0.15) is 12.7 Å². The molecule has 1 atom stereocenters. The van der Waals surface area contributed by atoms with E-state index in [9.17, 15) is 12.8 Å². The number of halogens is 3. The van der Waals surface area contributed by atoms with Gasteiger partial charge in [0.25, 0.3) is 0 Å². The molecule has 1 saturated heterocycles. The first-order chi connectivity index (χ1) is 9.83. The molecule has 0 spiro atoms. The van der Waals surface area contributed by atoms with E-state index in [4.69, 9.17) is 28.9 Å². The molecule has 21 heavy (non-hydrogen) atoms. The predicted octanol–water partition coefficient (Wildman–Crippen LogP) is 2.46. The van der Waals surface area contributed by atoms with Crippen molar-refractivity contribution in [1.82, 2.24) is 4.31 Å². The molecule has 5 nitrogen and oxygen atoms in total. The number of benzene rings is 1. The van der Waals surface area contributed by atoms with Crippen LogP contribution in [0.5, 0.6) is 0 Å². The lowest BCUT2D eigenvalue weighted by molar-refractivity contribution is 0.273. The lowest BCUT2D eigenvalue weighted by atomic mass is 10.0. The second kappa shape index (κ2) is 6.66. The molecule has 0 aromatic heterocycles. The van der Waals surface area contributed by atoms with Crippen LogP contribution < -0.4 is 10.5 Å². The van der Waals surface area contributed by atoms with Gasteiger partial charge in [0.15, 0.2) is 0 Å². The molecule has 0 amide bonds. The number of anilines is 1. The Morgan fingerprint density at radius 2 is 2.00 bits per heavy atom. The van der Waals surface area contributed by atoms with Gasteiger partial charge >= 0.3 is 10.2 Å². The summed E-state index contributed by atoms with van der Waals surface area (Å²) >= 11 is 11.7. The van der Waals surface area contributed by atoms with Crippen LogP contribution in [-0.2, 0) is 10.2 Å². The van der Waals surface area contributed by atoms with Crippen LogP contribution in [0.1, 0.15) is 12.8 Å². The molecular formula is C12H16Cl2FN3O2S. The third kappa shape index (κ3) is 3.98. The van der Waals surface area contributed by atoms with Gasteiger partial charge in [0.1, 0.15) is 5.82 Å². The quantitative estimate of drug-likeness (QED) is 0.870. The summed E-state index contributed by atoms with van der Waals surface area (Å²) < 4.78 is 41.5. The summed E-state index contributed by atoms with van der Waals surface area (Å²) in [6, 6.07) is 2.01. The summed E-state index contributed by atoms with van der Waals surface area (Å²) in [4.78, 5) is 0. The Morgan fingerprint density at radius 3 is 2.57 bits per heavy atom. The highest BCUT2D eigenvalue weighted by atomic mass is 35.5. The molecule has 118 valence electrons. The largest absolute Gasteiger partial charge is 0.330 e. The van der Waals surface area contributed by atoms with E-state index in [2.05, 4.69) is 4.72 Å². The smallest absolute Gasteiger partial charge is 0.301 e. The summed E-state index contributed by atoms with van der Waals surface area (Å²) in [7, 11) is -3.80. The SMILES string of the molecule is NCC1CCCN(S(=O)(=O)Nc2c(Cl)cc(F)cc2Cl)C1. The minimum Gasteiger partial charge on any atom is -0.330 e. The maximum absolute atomic E-state index is 13.1. The molecule has 1 aromatic rings. The molecule has 1 aliphatic heterocycles. The van der Waals surface area contributed by atoms with Crippen molar-refractivity contribution in [3.63, 3.8) is 0 Å². The van der Waals surface area contributed by atoms with Gasteiger partial charge in [0.05, 0.1) is 15.7 Å². The fourth-order valence-electron chi connectivity index (χ4n) is 2.27. The molecule has 0 aliphatic carbocycles. The summed E-state index contributed by atoms with van der Waals surface area (Å²) in [5.41, 5.74) is 5.58. The van der Waals surface area contributed by atoms with Gasteiger partial charge in [0, 0.05) is 13.1 Å². The Balaban J connectivity index is 2.22. The molecule has 1 fully saturated rings. The highest BCUT2D eigenvalue weighted by molar-refractivity contribution is 7.90. The second-order valence-electron chi connectivity index (χ2n) is 4.95. The van der Waals surface area contributed by atoms with E-state index in [1.165, 1.54) is 4.31 Å². The van der Waals surface area contributed by atoms with Crippen LogP contribution in [0.4, 0.5) is 10.1 Å². The van der Waals surface area contributed by atoms with Gasteiger partial charge in [-0.25, -0.2) is 4.39 Å². The molecule has 3 N–H and O–H groups in total. The molecule has 2 rings (SSSR count). The van der Waals surface area contributed by atoms with Crippen molar-refractivity contribution in [2.75, 3.05) is 24.4 Å². The Morgan fingerprint density at radius 1 is 1.38 bits per heavy atom. The minimum atomic E-state index is -3.80. The molecule has 1 aromatic carbocycles. The van der Waals surface area contributed by atoms with Crippen LogP contribution in [0.25, 0.3) is 0 Å². The van der Waals surface area contributed by atoms with Gasteiger partial charge in [-0.15, -0.1) is 0 Å². The maximum Gasteiger partial charge on any atom is 0.301 e. The van der Waals surface area contributed by atoms with E-state index in [-0.39, 0.29) is 21.7 Å². The molecule has 0 saturated carbocycles. The summed E-state index contributed by atoms with van der Waals surface area (Å²) in [6.07, 6.45) is 1.65. The van der Waals surface area contributed by atoms with Crippen molar-refractivity contribution in [2.45, 2.75) is 12.8 Å². The Bertz CT molecular complexity index is 604. The van der Waals surface area contributed by atoms with Crippen LogP contribution >= 0.6 is 23.2 Å². The van der Waals surface area contributed by atoms with Crippen LogP contribution in [0.2, 0.25) is 10.0 Å². The van der Waals surface area contributed by atoms with Crippen molar-refractivity contribution in [1.29, 1.82) is 0 Å². The van der Waals surface area contributed by atoms with Crippen molar-refractivity contribution in [3.8, 4) is 0 Å². The van der Waals surface area contributed by atoms with Gasteiger partial charge < -0.3 is 5.73 Å². The van der Waals surface area contributed by atoms with Crippen molar-refractivity contribution in [3.05, 3.63) is 28.0 Å². The van der Waals surface area contributed by atoms with Crippen LogP contribution in [0.3, 0.4) is 0 Å². The summed E-state index contributed by atoms with van der Waals surface area (Å²) in [5, 5.41) is -0.174. The third-order valence-electron chi connectivity index (χ3n) is 3.39. The van der Waals surface area contributed by atoms with Gasteiger partial charge in [-0.05, 0) is 37.4 Å². The van der Waals surface area contributed by atoms with Crippen LogP contribution in [0.15, 0.2) is 12.1 Å². The van der Waals surface area contributed by atoms with Crippen molar-refractivity contribution < 1.29 is 12.8 Å². The van der Waals surface area contributed by atoms with Crippen LogP contribution in [0, 0.1) is 11.7 Å². The maximum atomic E-state index is 13.1. The second-order valence-corrected chi connectivity index (χ2v) is 7.44. The lowest BCUT2D eigenvalue weighted by Crippen LogP contribution is -2.44. The minimum absolute atomic E-state index is 0.0189. The Labute approximate surface area is 133 Å². The number of hydrogen-bond acceptors (Lipinski definition) is 3. The molecule has 1 aliphatic rings. The summed E-state index contributed by atoms with van der Waals surface area (Å²) in [5.74, 6) is -0.497. The van der Waals surface area contributed by atoms with Gasteiger partial charge in [-0.1, -0.05) is 23.2 Å². The highest BCUT2D eigenvalue weighted by Crippen LogP contribution is 2.33. The number of hydrogen-bond donors (Lipinski definition) is 2. The zero-order valence-electron chi connectivity index (χ0n) is 11.2. The number of nitrogens with one attached hydrogen (secondary N) is 1. The van der Waals surface area contributed by atoms with E-state index < -0.39 is 16.0 Å². The van der Waals surface area contributed by atoms with Crippen LogP contribution in [-0.4, -0.2) is 32.4 Å². The van der Waals surface area contributed by atoms with Gasteiger partial charge in [-0.3, -0.25) is 4.72 Å². The first kappa shape index (κ1) is 16.8. The molecule has 1 heterocycles. The van der Waals surface area contributed by atoms with Crippen molar-refractivity contribution >= 4 is 39.1 Å². The zero-order valence-corrected chi connectivity index (χ0v) is 13.5. The Hall–Kier alpha value is -0.600. The van der Waals surface area contributed by atoms with Crippen molar-refractivity contribution in [2.24, 2.45) is 11.7 Å².